The fourth-order valence-electron chi connectivity index (χ4n) is 7.51. The van der Waals surface area contributed by atoms with Crippen molar-refractivity contribution in [2.45, 2.75) is 284 Å². The molecular weight excluding hydrogens is 693 g/mol. The minimum Gasteiger partial charge on any atom is -0.462 e. The number of allylic oxidation sites excluding steroid dienone is 2. The van der Waals surface area contributed by atoms with E-state index in [1.807, 2.05) is 0 Å². The van der Waals surface area contributed by atoms with Crippen LogP contribution in [0.5, 0.6) is 0 Å². The second kappa shape index (κ2) is 48.0. The number of rotatable bonds is 47. The molecule has 0 aliphatic carbocycles. The SMILES string of the molecule is CCCCCCCC/C=C\CCCCCCCCCCCC(=O)OCC(COCCCCCCCCCC)OC(=O)CCCCCCCCCCCCCCC. The average Bonchev–Trinajstić information content (AvgIpc) is 3.20. The third kappa shape index (κ3) is 45.3. The summed E-state index contributed by atoms with van der Waals surface area (Å²) in [5, 5.41) is 0. The molecule has 0 radical (unpaired) electrons. The first-order chi connectivity index (χ1) is 27.6. The highest BCUT2D eigenvalue weighted by Gasteiger charge is 2.17. The Balaban J connectivity index is 4.09. The Labute approximate surface area is 350 Å². The van der Waals surface area contributed by atoms with E-state index in [-0.39, 0.29) is 18.5 Å². The predicted molar refractivity (Wildman–Crippen MR) is 242 cm³/mol. The molecular formula is C51H98O5. The number of ether oxygens (including phenoxy) is 3. The summed E-state index contributed by atoms with van der Waals surface area (Å²) in [6.07, 6.45) is 53.6. The van der Waals surface area contributed by atoms with Crippen LogP contribution in [-0.2, 0) is 23.8 Å². The van der Waals surface area contributed by atoms with Gasteiger partial charge in [-0.2, -0.15) is 0 Å². The van der Waals surface area contributed by atoms with Crippen molar-refractivity contribution in [3.05, 3.63) is 12.2 Å². The zero-order chi connectivity index (χ0) is 40.7. The maximum absolute atomic E-state index is 12.7. The molecule has 0 saturated carbocycles. The standard InChI is InChI=1S/C51H98O5/c1-4-7-10-13-16-19-21-23-24-25-26-27-28-30-31-33-35-38-41-44-50(52)55-48-49(47-54-46-43-40-37-18-15-12-9-6-3)56-51(53)45-42-39-36-34-32-29-22-20-17-14-11-8-5-2/h23-24,49H,4-22,25-48H2,1-3H3/b24-23-. The zero-order valence-corrected chi connectivity index (χ0v) is 38.2. The van der Waals surface area contributed by atoms with E-state index in [0.717, 1.165) is 32.1 Å². The molecule has 0 aliphatic rings. The Morgan fingerprint density at radius 2 is 0.696 bits per heavy atom. The maximum atomic E-state index is 12.7. The van der Waals surface area contributed by atoms with Crippen LogP contribution in [0.4, 0.5) is 0 Å². The average molecular weight is 791 g/mol. The van der Waals surface area contributed by atoms with E-state index in [4.69, 9.17) is 14.2 Å². The molecule has 0 heterocycles. The maximum Gasteiger partial charge on any atom is 0.306 e. The fraction of sp³-hybridized carbons (Fsp3) is 0.922. The van der Waals surface area contributed by atoms with Crippen molar-refractivity contribution in [2.75, 3.05) is 19.8 Å². The number of carbonyl (C=O) groups excluding carboxylic acids is 2. The summed E-state index contributed by atoms with van der Waals surface area (Å²) in [5.41, 5.74) is 0. The lowest BCUT2D eigenvalue weighted by Gasteiger charge is -2.18. The van der Waals surface area contributed by atoms with Crippen LogP contribution in [0.25, 0.3) is 0 Å². The lowest BCUT2D eigenvalue weighted by atomic mass is 10.0. The highest BCUT2D eigenvalue weighted by Crippen LogP contribution is 2.16. The van der Waals surface area contributed by atoms with Gasteiger partial charge in [-0.3, -0.25) is 9.59 Å². The largest absolute Gasteiger partial charge is 0.462 e. The Morgan fingerprint density at radius 3 is 1.09 bits per heavy atom. The summed E-state index contributed by atoms with van der Waals surface area (Å²) in [5.74, 6) is -0.382. The summed E-state index contributed by atoms with van der Waals surface area (Å²) in [6, 6.07) is 0. The van der Waals surface area contributed by atoms with Crippen LogP contribution in [0.2, 0.25) is 0 Å². The molecule has 0 amide bonds. The van der Waals surface area contributed by atoms with Crippen molar-refractivity contribution in [1.82, 2.24) is 0 Å². The monoisotopic (exact) mass is 791 g/mol. The molecule has 332 valence electrons. The van der Waals surface area contributed by atoms with Crippen LogP contribution in [0, 0.1) is 0 Å². The molecule has 0 bridgehead atoms. The van der Waals surface area contributed by atoms with Gasteiger partial charge >= 0.3 is 11.9 Å². The van der Waals surface area contributed by atoms with Crippen LogP contribution in [0.1, 0.15) is 278 Å². The topological polar surface area (TPSA) is 61.8 Å². The van der Waals surface area contributed by atoms with Crippen LogP contribution < -0.4 is 0 Å². The van der Waals surface area contributed by atoms with Gasteiger partial charge in [-0.25, -0.2) is 0 Å². The number of hydrogen-bond acceptors (Lipinski definition) is 5. The molecule has 1 atom stereocenters. The number of unbranched alkanes of at least 4 members (excludes halogenated alkanes) is 34. The quantitative estimate of drug-likeness (QED) is 0.0349. The molecule has 0 saturated heterocycles. The van der Waals surface area contributed by atoms with Crippen LogP contribution in [0.3, 0.4) is 0 Å². The molecule has 0 aliphatic heterocycles. The molecule has 5 heteroatoms. The van der Waals surface area contributed by atoms with E-state index in [9.17, 15) is 9.59 Å². The third-order valence-corrected chi connectivity index (χ3v) is 11.3. The van der Waals surface area contributed by atoms with E-state index in [0.29, 0.717) is 26.1 Å². The van der Waals surface area contributed by atoms with Gasteiger partial charge in [0.25, 0.3) is 0 Å². The van der Waals surface area contributed by atoms with Gasteiger partial charge in [-0.05, 0) is 44.9 Å². The van der Waals surface area contributed by atoms with Gasteiger partial charge in [-0.15, -0.1) is 0 Å². The summed E-state index contributed by atoms with van der Waals surface area (Å²) >= 11 is 0. The van der Waals surface area contributed by atoms with Crippen LogP contribution >= 0.6 is 0 Å². The first kappa shape index (κ1) is 54.6. The normalized spacial score (nSPS) is 12.1. The van der Waals surface area contributed by atoms with E-state index in [1.54, 1.807) is 0 Å². The van der Waals surface area contributed by atoms with Crippen LogP contribution in [0.15, 0.2) is 12.2 Å². The molecule has 0 aromatic carbocycles. The number of hydrogen-bond donors (Lipinski definition) is 0. The molecule has 1 unspecified atom stereocenters. The van der Waals surface area contributed by atoms with Gasteiger partial charge in [-0.1, -0.05) is 232 Å². The Bertz CT molecular complexity index is 810. The molecule has 0 aromatic heterocycles. The Morgan fingerprint density at radius 1 is 0.375 bits per heavy atom. The minimum atomic E-state index is -0.524. The lowest BCUT2D eigenvalue weighted by molar-refractivity contribution is -0.163. The number of carbonyl (C=O) groups is 2. The predicted octanol–water partition coefficient (Wildman–Crippen LogP) is 16.7. The van der Waals surface area contributed by atoms with Crippen molar-refractivity contribution in [2.24, 2.45) is 0 Å². The molecule has 5 nitrogen and oxygen atoms in total. The molecule has 56 heavy (non-hydrogen) atoms. The zero-order valence-electron chi connectivity index (χ0n) is 38.2. The van der Waals surface area contributed by atoms with E-state index in [2.05, 4.69) is 32.9 Å². The van der Waals surface area contributed by atoms with E-state index in [1.165, 1.54) is 212 Å². The molecule has 0 N–H and O–H groups in total. The van der Waals surface area contributed by atoms with E-state index < -0.39 is 6.10 Å². The summed E-state index contributed by atoms with van der Waals surface area (Å²) < 4.78 is 17.3. The van der Waals surface area contributed by atoms with Crippen LogP contribution in [-0.4, -0.2) is 37.9 Å². The second-order valence-corrected chi connectivity index (χ2v) is 17.1. The van der Waals surface area contributed by atoms with Crippen molar-refractivity contribution in [1.29, 1.82) is 0 Å². The van der Waals surface area contributed by atoms with Crippen molar-refractivity contribution < 1.29 is 23.8 Å². The van der Waals surface area contributed by atoms with Crippen molar-refractivity contribution >= 4 is 11.9 Å². The lowest BCUT2D eigenvalue weighted by Crippen LogP contribution is -2.30. The summed E-state index contributed by atoms with van der Waals surface area (Å²) in [6.45, 7) is 7.86. The van der Waals surface area contributed by atoms with Crippen molar-refractivity contribution in [3.8, 4) is 0 Å². The first-order valence-corrected chi connectivity index (χ1v) is 25.2. The smallest absolute Gasteiger partial charge is 0.306 e. The summed E-state index contributed by atoms with van der Waals surface area (Å²) in [7, 11) is 0. The first-order valence-electron chi connectivity index (χ1n) is 25.2. The third-order valence-electron chi connectivity index (χ3n) is 11.3. The molecule has 0 fully saturated rings. The van der Waals surface area contributed by atoms with Gasteiger partial charge in [0.05, 0.1) is 6.61 Å². The number of esters is 2. The highest BCUT2D eigenvalue weighted by atomic mass is 16.6. The fourth-order valence-corrected chi connectivity index (χ4v) is 7.51. The second-order valence-electron chi connectivity index (χ2n) is 17.1. The molecule has 0 aromatic rings. The summed E-state index contributed by atoms with van der Waals surface area (Å²) in [4.78, 5) is 25.3. The Hall–Kier alpha value is -1.36. The van der Waals surface area contributed by atoms with Gasteiger partial charge in [0.2, 0.25) is 0 Å². The van der Waals surface area contributed by atoms with Gasteiger partial charge in [0, 0.05) is 19.4 Å². The van der Waals surface area contributed by atoms with Gasteiger partial charge in [0.15, 0.2) is 6.10 Å². The molecule has 0 rings (SSSR count). The Kier molecular flexibility index (Phi) is 46.8. The van der Waals surface area contributed by atoms with E-state index >= 15 is 0 Å². The van der Waals surface area contributed by atoms with Gasteiger partial charge < -0.3 is 14.2 Å². The highest BCUT2D eigenvalue weighted by molar-refractivity contribution is 5.70. The van der Waals surface area contributed by atoms with Gasteiger partial charge in [0.1, 0.15) is 6.61 Å². The molecule has 0 spiro atoms. The van der Waals surface area contributed by atoms with Crippen molar-refractivity contribution in [3.63, 3.8) is 0 Å². The minimum absolute atomic E-state index is 0.0928.